The van der Waals surface area contributed by atoms with E-state index in [4.69, 9.17) is 4.74 Å². The molecule has 1 aromatic rings. The lowest BCUT2D eigenvalue weighted by molar-refractivity contribution is -0.137. The Morgan fingerprint density at radius 1 is 1.31 bits per heavy atom. The summed E-state index contributed by atoms with van der Waals surface area (Å²) in [4.78, 5) is 25.8. The third-order valence-electron chi connectivity index (χ3n) is 4.46. The van der Waals surface area contributed by atoms with Gasteiger partial charge < -0.3 is 20.3 Å². The number of hydrogen-bond donors (Lipinski definition) is 2. The largest absolute Gasteiger partial charge is 0.479 e. The highest BCUT2D eigenvalue weighted by Gasteiger charge is 2.36. The maximum absolute atomic E-state index is 13.2. The molecular weight excluding hydrogens is 351 g/mol. The summed E-state index contributed by atoms with van der Waals surface area (Å²) in [5.41, 5.74) is -0.921. The lowest BCUT2D eigenvalue weighted by Gasteiger charge is -2.36. The zero-order valence-corrected chi connectivity index (χ0v) is 14.4. The first-order chi connectivity index (χ1) is 12.2. The van der Waals surface area contributed by atoms with E-state index >= 15 is 0 Å². The number of benzene rings is 1. The Labute approximate surface area is 148 Å². The van der Waals surface area contributed by atoms with Crippen molar-refractivity contribution in [1.82, 2.24) is 4.90 Å². The van der Waals surface area contributed by atoms with Crippen molar-refractivity contribution in [3.05, 3.63) is 17.7 Å². The lowest BCUT2D eigenvalue weighted by Crippen LogP contribution is -2.50. The van der Waals surface area contributed by atoms with E-state index in [1.165, 1.54) is 0 Å². The maximum Gasteiger partial charge on any atom is 0.416 e. The first-order valence-corrected chi connectivity index (χ1v) is 8.41. The van der Waals surface area contributed by atoms with Crippen LogP contribution in [0.5, 0.6) is 5.75 Å². The van der Waals surface area contributed by atoms with Gasteiger partial charge in [-0.25, -0.2) is 0 Å². The highest BCUT2D eigenvalue weighted by molar-refractivity contribution is 5.98. The summed E-state index contributed by atoms with van der Waals surface area (Å²) in [6, 6.07) is 1.12. The molecule has 2 aliphatic heterocycles. The third-order valence-corrected chi connectivity index (χ3v) is 4.46. The zero-order chi connectivity index (χ0) is 19.1. The van der Waals surface area contributed by atoms with Gasteiger partial charge in [0.05, 0.1) is 16.9 Å². The average Bonchev–Trinajstić information content (AvgIpc) is 2.55. The number of hydrogen-bond acceptors (Lipinski definition) is 4. The molecule has 26 heavy (non-hydrogen) atoms. The van der Waals surface area contributed by atoms with Crippen molar-refractivity contribution in [1.29, 1.82) is 0 Å². The smallest absolute Gasteiger partial charge is 0.416 e. The summed E-state index contributed by atoms with van der Waals surface area (Å²) in [5, 5.41) is 5.29. The first-order valence-electron chi connectivity index (χ1n) is 8.41. The Bertz CT molecular complexity index is 734. The number of fused-ring (bicyclic) bond motifs is 1. The van der Waals surface area contributed by atoms with Crippen LogP contribution in [0.2, 0.25) is 0 Å². The van der Waals surface area contributed by atoms with Crippen LogP contribution in [-0.4, -0.2) is 41.9 Å². The summed E-state index contributed by atoms with van der Waals surface area (Å²) < 4.78 is 44.9. The summed E-state index contributed by atoms with van der Waals surface area (Å²) in [5.74, 6) is -0.563. The number of anilines is 2. The van der Waals surface area contributed by atoms with Gasteiger partial charge in [0.2, 0.25) is 5.91 Å². The van der Waals surface area contributed by atoms with Crippen LogP contribution in [0.1, 0.15) is 32.3 Å². The van der Waals surface area contributed by atoms with Crippen molar-refractivity contribution in [3.8, 4) is 5.75 Å². The topological polar surface area (TPSA) is 70.7 Å². The van der Waals surface area contributed by atoms with Gasteiger partial charge in [0.25, 0.3) is 5.91 Å². The van der Waals surface area contributed by atoms with Crippen molar-refractivity contribution in [3.63, 3.8) is 0 Å². The SMILES string of the molecule is CC(C)N1CCCC(Nc2cc(C(F)(F)F)cc3c2OCC(=O)N3)C1=O. The van der Waals surface area contributed by atoms with E-state index in [1.54, 1.807) is 4.90 Å². The minimum atomic E-state index is -4.59. The number of alkyl halides is 3. The predicted molar refractivity (Wildman–Crippen MR) is 89.1 cm³/mol. The van der Waals surface area contributed by atoms with Crippen molar-refractivity contribution in [2.24, 2.45) is 0 Å². The Morgan fingerprint density at radius 2 is 2.04 bits per heavy atom. The van der Waals surface area contributed by atoms with Crippen molar-refractivity contribution in [2.75, 3.05) is 23.8 Å². The van der Waals surface area contributed by atoms with Gasteiger partial charge >= 0.3 is 6.18 Å². The monoisotopic (exact) mass is 371 g/mol. The fourth-order valence-corrected chi connectivity index (χ4v) is 3.21. The van der Waals surface area contributed by atoms with Gasteiger partial charge in [-0.1, -0.05) is 0 Å². The molecule has 1 aromatic carbocycles. The molecule has 0 aliphatic carbocycles. The van der Waals surface area contributed by atoms with Crippen LogP contribution in [0.4, 0.5) is 24.5 Å². The molecule has 1 saturated heterocycles. The molecule has 2 amide bonds. The van der Waals surface area contributed by atoms with Gasteiger partial charge in [-0.15, -0.1) is 0 Å². The molecule has 0 aromatic heterocycles. The van der Waals surface area contributed by atoms with Gasteiger partial charge in [0.1, 0.15) is 6.04 Å². The van der Waals surface area contributed by atoms with E-state index < -0.39 is 23.7 Å². The normalized spacial score (nSPS) is 20.5. The summed E-state index contributed by atoms with van der Waals surface area (Å²) in [6.07, 6.45) is -3.33. The van der Waals surface area contributed by atoms with Gasteiger partial charge in [-0.2, -0.15) is 13.2 Å². The molecule has 0 bridgehead atoms. The molecule has 2 aliphatic rings. The molecular formula is C17H20F3N3O3. The molecule has 3 rings (SSSR count). The number of piperidine rings is 1. The second-order valence-corrected chi connectivity index (χ2v) is 6.70. The molecule has 1 fully saturated rings. The Hall–Kier alpha value is -2.45. The number of nitrogens with zero attached hydrogens (tertiary/aromatic N) is 1. The van der Waals surface area contributed by atoms with Gasteiger partial charge in [0, 0.05) is 12.6 Å². The quantitative estimate of drug-likeness (QED) is 0.857. The summed E-state index contributed by atoms with van der Waals surface area (Å²) in [6.45, 7) is 4.13. The van der Waals surface area contributed by atoms with Gasteiger partial charge in [-0.3, -0.25) is 9.59 Å². The van der Waals surface area contributed by atoms with Crippen LogP contribution in [-0.2, 0) is 15.8 Å². The first kappa shape index (κ1) is 18.3. The van der Waals surface area contributed by atoms with Gasteiger partial charge in [0.15, 0.2) is 12.4 Å². The fourth-order valence-electron chi connectivity index (χ4n) is 3.21. The van der Waals surface area contributed by atoms with Crippen LogP contribution >= 0.6 is 0 Å². The van der Waals surface area contributed by atoms with E-state index in [-0.39, 0.29) is 35.7 Å². The van der Waals surface area contributed by atoms with E-state index in [0.29, 0.717) is 13.0 Å². The third kappa shape index (κ3) is 3.56. The minimum absolute atomic E-state index is 0.0121. The molecule has 0 radical (unpaired) electrons. The van der Waals surface area contributed by atoms with Crippen LogP contribution in [0.3, 0.4) is 0 Å². The Morgan fingerprint density at radius 3 is 2.69 bits per heavy atom. The van der Waals surface area contributed by atoms with Gasteiger partial charge in [-0.05, 0) is 38.8 Å². The molecule has 0 spiro atoms. The zero-order valence-electron chi connectivity index (χ0n) is 14.4. The van der Waals surface area contributed by atoms with Crippen LogP contribution in [0.15, 0.2) is 12.1 Å². The van der Waals surface area contributed by atoms with E-state index in [2.05, 4.69) is 10.6 Å². The molecule has 1 atom stereocenters. The number of amides is 2. The molecule has 2 N–H and O–H groups in total. The van der Waals surface area contributed by atoms with Crippen molar-refractivity contribution < 1.29 is 27.5 Å². The molecule has 142 valence electrons. The number of ether oxygens (including phenoxy) is 1. The van der Waals surface area contributed by atoms with Crippen LogP contribution in [0, 0.1) is 0 Å². The molecule has 9 heteroatoms. The molecule has 6 nitrogen and oxygen atoms in total. The number of rotatable bonds is 3. The number of halogens is 3. The Balaban J connectivity index is 1.95. The molecule has 0 saturated carbocycles. The number of carbonyl (C=O) groups excluding carboxylic acids is 2. The molecule has 1 unspecified atom stereocenters. The fraction of sp³-hybridized carbons (Fsp3) is 0.529. The standard InChI is InChI=1S/C17H20F3N3O3/c1-9(2)23-5-3-4-11(16(23)25)21-12-6-10(17(18,19)20)7-13-15(12)26-8-14(24)22-13/h6-7,9,11,21H,3-5,8H2,1-2H3,(H,22,24). The Kier molecular flexibility index (Phi) is 4.72. The highest BCUT2D eigenvalue weighted by Crippen LogP contribution is 2.42. The second kappa shape index (κ2) is 6.69. The summed E-state index contributed by atoms with van der Waals surface area (Å²) >= 11 is 0. The minimum Gasteiger partial charge on any atom is -0.479 e. The lowest BCUT2D eigenvalue weighted by atomic mass is 10.0. The summed E-state index contributed by atoms with van der Waals surface area (Å²) in [7, 11) is 0. The second-order valence-electron chi connectivity index (χ2n) is 6.70. The van der Waals surface area contributed by atoms with Crippen LogP contribution < -0.4 is 15.4 Å². The van der Waals surface area contributed by atoms with Crippen molar-refractivity contribution >= 4 is 23.2 Å². The number of nitrogens with one attached hydrogen (secondary N) is 2. The van der Waals surface area contributed by atoms with E-state index in [0.717, 1.165) is 18.6 Å². The van der Waals surface area contributed by atoms with Crippen molar-refractivity contribution in [2.45, 2.75) is 44.9 Å². The number of carbonyl (C=O) groups is 2. The predicted octanol–water partition coefficient (Wildman–Crippen LogP) is 2.85. The van der Waals surface area contributed by atoms with E-state index in [1.807, 2.05) is 13.8 Å². The molecule has 2 heterocycles. The maximum atomic E-state index is 13.2. The number of likely N-dealkylation sites (tertiary alicyclic amines) is 1. The van der Waals surface area contributed by atoms with E-state index in [9.17, 15) is 22.8 Å². The average molecular weight is 371 g/mol. The highest BCUT2D eigenvalue weighted by atomic mass is 19.4. The van der Waals surface area contributed by atoms with Crippen LogP contribution in [0.25, 0.3) is 0 Å².